The quantitative estimate of drug-likeness (QED) is 0.846. The van der Waals surface area contributed by atoms with E-state index in [0.717, 1.165) is 19.3 Å². The van der Waals surface area contributed by atoms with Gasteiger partial charge in [0, 0.05) is 11.3 Å². The van der Waals surface area contributed by atoms with Crippen LogP contribution in [0.15, 0.2) is 0 Å². The molecule has 4 heteroatoms. The Morgan fingerprint density at radius 3 is 1.89 bits per heavy atom. The third-order valence-electron chi connectivity index (χ3n) is 4.19. The van der Waals surface area contributed by atoms with Crippen LogP contribution in [-0.4, -0.2) is 25.5 Å². The van der Waals surface area contributed by atoms with Gasteiger partial charge in [-0.3, -0.25) is 0 Å². The molecule has 0 saturated heterocycles. The zero-order chi connectivity index (χ0) is 14.9. The summed E-state index contributed by atoms with van der Waals surface area (Å²) in [6, 6.07) is 0. The second-order valence-corrected chi connectivity index (χ2v) is 10.5. The molecule has 1 fully saturated rings. The van der Waals surface area contributed by atoms with E-state index in [0.29, 0.717) is 6.42 Å². The molecule has 1 aliphatic carbocycles. The average molecular weight is 289 g/mol. The van der Waals surface area contributed by atoms with E-state index in [1.807, 2.05) is 0 Å². The highest BCUT2D eigenvalue weighted by atomic mass is 32.2. The van der Waals surface area contributed by atoms with Crippen LogP contribution in [0.5, 0.6) is 0 Å². The van der Waals surface area contributed by atoms with E-state index in [9.17, 15) is 8.42 Å². The Balaban J connectivity index is 2.65. The lowest BCUT2D eigenvalue weighted by atomic mass is 9.58. The van der Waals surface area contributed by atoms with Crippen molar-refractivity contribution in [2.24, 2.45) is 16.6 Å². The monoisotopic (exact) mass is 289 g/mol. The van der Waals surface area contributed by atoms with Gasteiger partial charge in [0.25, 0.3) is 0 Å². The highest BCUT2D eigenvalue weighted by Crippen LogP contribution is 2.50. The van der Waals surface area contributed by atoms with Gasteiger partial charge in [-0.05, 0) is 42.9 Å². The lowest BCUT2D eigenvalue weighted by Crippen LogP contribution is -2.52. The predicted molar refractivity (Wildman–Crippen MR) is 81.9 cm³/mol. The van der Waals surface area contributed by atoms with Crippen molar-refractivity contribution in [3.05, 3.63) is 0 Å². The molecule has 0 aromatic heterocycles. The molecule has 0 amide bonds. The van der Waals surface area contributed by atoms with Crippen molar-refractivity contribution in [1.29, 1.82) is 0 Å². The van der Waals surface area contributed by atoms with Crippen LogP contribution >= 0.6 is 0 Å². The van der Waals surface area contributed by atoms with Gasteiger partial charge in [0.2, 0.25) is 0 Å². The van der Waals surface area contributed by atoms with Gasteiger partial charge in [-0.2, -0.15) is 0 Å². The van der Waals surface area contributed by atoms with Crippen molar-refractivity contribution >= 4 is 9.84 Å². The topological polar surface area (TPSA) is 60.2 Å². The minimum absolute atomic E-state index is 0.200. The Morgan fingerprint density at radius 1 is 1.00 bits per heavy atom. The van der Waals surface area contributed by atoms with E-state index >= 15 is 0 Å². The Bertz CT molecular complexity index is 394. The molecule has 0 radical (unpaired) electrons. The zero-order valence-electron chi connectivity index (χ0n) is 13.3. The predicted octanol–water partition coefficient (Wildman–Crippen LogP) is 3.14. The summed E-state index contributed by atoms with van der Waals surface area (Å²) in [7, 11) is -2.86. The maximum absolute atomic E-state index is 11.6. The largest absolute Gasteiger partial charge is 0.325 e. The van der Waals surface area contributed by atoms with Crippen molar-refractivity contribution in [2.45, 2.75) is 72.3 Å². The number of hydrogen-bond donors (Lipinski definition) is 1. The Morgan fingerprint density at radius 2 is 1.47 bits per heavy atom. The summed E-state index contributed by atoms with van der Waals surface area (Å²) in [4.78, 5) is 0. The molecule has 0 spiro atoms. The van der Waals surface area contributed by atoms with Crippen molar-refractivity contribution in [2.75, 3.05) is 11.5 Å². The first-order chi connectivity index (χ1) is 8.39. The van der Waals surface area contributed by atoms with Crippen molar-refractivity contribution in [3.63, 3.8) is 0 Å². The smallest absolute Gasteiger partial charge is 0.150 e. The lowest BCUT2D eigenvalue weighted by molar-refractivity contribution is 0.0442. The minimum atomic E-state index is -2.86. The average Bonchev–Trinajstić information content (AvgIpc) is 2.10. The summed E-state index contributed by atoms with van der Waals surface area (Å²) >= 11 is 0. The second kappa shape index (κ2) is 5.36. The number of hydrogen-bond acceptors (Lipinski definition) is 3. The van der Waals surface area contributed by atoms with Gasteiger partial charge < -0.3 is 5.73 Å². The summed E-state index contributed by atoms with van der Waals surface area (Å²) in [5.41, 5.74) is 6.89. The number of nitrogens with two attached hydrogens (primary N) is 1. The molecule has 0 bridgehead atoms. The van der Waals surface area contributed by atoms with Crippen LogP contribution in [0.3, 0.4) is 0 Å². The van der Waals surface area contributed by atoms with E-state index in [1.54, 1.807) is 6.92 Å². The maximum Gasteiger partial charge on any atom is 0.150 e. The second-order valence-electron chi connectivity index (χ2n) is 8.06. The van der Waals surface area contributed by atoms with Gasteiger partial charge in [0.15, 0.2) is 0 Å². The first-order valence-corrected chi connectivity index (χ1v) is 9.20. The van der Waals surface area contributed by atoms with E-state index in [1.165, 1.54) is 6.42 Å². The highest BCUT2D eigenvalue weighted by molar-refractivity contribution is 7.91. The van der Waals surface area contributed by atoms with E-state index in [-0.39, 0.29) is 27.9 Å². The molecule has 1 saturated carbocycles. The molecule has 114 valence electrons. The fourth-order valence-corrected chi connectivity index (χ4v) is 5.23. The Labute approximate surface area is 119 Å². The molecule has 0 atom stereocenters. The van der Waals surface area contributed by atoms with Crippen LogP contribution in [0.25, 0.3) is 0 Å². The lowest BCUT2D eigenvalue weighted by Gasteiger charge is -2.50. The Hall–Kier alpha value is -0.0900. The molecule has 0 aliphatic heterocycles. The van der Waals surface area contributed by atoms with E-state index < -0.39 is 9.84 Å². The van der Waals surface area contributed by atoms with Gasteiger partial charge >= 0.3 is 0 Å². The van der Waals surface area contributed by atoms with E-state index in [4.69, 9.17) is 5.73 Å². The van der Waals surface area contributed by atoms with Crippen LogP contribution in [0.4, 0.5) is 0 Å². The van der Waals surface area contributed by atoms with Crippen LogP contribution in [-0.2, 0) is 9.84 Å². The van der Waals surface area contributed by atoms with Crippen molar-refractivity contribution < 1.29 is 8.42 Å². The van der Waals surface area contributed by atoms with Gasteiger partial charge in [0.1, 0.15) is 9.84 Å². The fourth-order valence-electron chi connectivity index (χ4n) is 4.35. The molecular formula is C15H31NO2S. The standard InChI is InChI=1S/C15H31NO2S/c1-6-19(17,18)9-7-8-15(16)11-13(2,3)10-14(4,5)12-15/h6-12,16H2,1-5H3. The molecule has 1 rings (SSSR count). The van der Waals surface area contributed by atoms with Crippen LogP contribution in [0.2, 0.25) is 0 Å². The first-order valence-electron chi connectivity index (χ1n) is 7.38. The van der Waals surface area contributed by atoms with Crippen LogP contribution in [0, 0.1) is 10.8 Å². The molecule has 19 heavy (non-hydrogen) atoms. The van der Waals surface area contributed by atoms with E-state index in [2.05, 4.69) is 27.7 Å². The maximum atomic E-state index is 11.6. The summed E-state index contributed by atoms with van der Waals surface area (Å²) in [5, 5.41) is 0. The first kappa shape index (κ1) is 17.0. The summed E-state index contributed by atoms with van der Waals surface area (Å²) in [5.74, 6) is 0.519. The minimum Gasteiger partial charge on any atom is -0.325 e. The molecule has 1 aliphatic rings. The summed E-state index contributed by atoms with van der Waals surface area (Å²) in [6.07, 6.45) is 4.69. The Kier molecular flexibility index (Phi) is 4.79. The normalized spacial score (nSPS) is 25.2. The van der Waals surface area contributed by atoms with Crippen LogP contribution < -0.4 is 5.73 Å². The molecule has 0 unspecified atom stereocenters. The van der Waals surface area contributed by atoms with Gasteiger partial charge in [0.05, 0.1) is 5.75 Å². The zero-order valence-corrected chi connectivity index (χ0v) is 14.1. The van der Waals surface area contributed by atoms with Crippen molar-refractivity contribution in [1.82, 2.24) is 0 Å². The van der Waals surface area contributed by atoms with Gasteiger partial charge in [-0.15, -0.1) is 0 Å². The highest BCUT2D eigenvalue weighted by Gasteiger charge is 2.44. The summed E-state index contributed by atoms with van der Waals surface area (Å²) in [6.45, 7) is 10.8. The SMILES string of the molecule is CCS(=O)(=O)CCCC1(N)CC(C)(C)CC(C)(C)C1. The van der Waals surface area contributed by atoms with Crippen molar-refractivity contribution in [3.8, 4) is 0 Å². The third-order valence-corrected chi connectivity index (χ3v) is 5.98. The van der Waals surface area contributed by atoms with Gasteiger partial charge in [-0.25, -0.2) is 8.42 Å². The van der Waals surface area contributed by atoms with Crippen LogP contribution in [0.1, 0.15) is 66.7 Å². The third kappa shape index (κ3) is 5.42. The fraction of sp³-hybridized carbons (Fsp3) is 1.00. The number of sulfone groups is 1. The number of rotatable bonds is 5. The molecule has 2 N–H and O–H groups in total. The molecule has 3 nitrogen and oxygen atoms in total. The van der Waals surface area contributed by atoms with Gasteiger partial charge in [-0.1, -0.05) is 34.6 Å². The molecule has 0 heterocycles. The molecule has 0 aromatic carbocycles. The summed E-state index contributed by atoms with van der Waals surface area (Å²) < 4.78 is 23.1. The molecule has 0 aromatic rings. The molecular weight excluding hydrogens is 258 g/mol.